The van der Waals surface area contributed by atoms with E-state index in [0.717, 1.165) is 18.0 Å². The number of hydrogen-bond donors (Lipinski definition) is 1. The predicted molar refractivity (Wildman–Crippen MR) is 82.8 cm³/mol. The van der Waals surface area contributed by atoms with Crippen molar-refractivity contribution in [1.29, 1.82) is 0 Å². The largest absolute Gasteiger partial charge is 0.493 e. The van der Waals surface area contributed by atoms with E-state index in [1.54, 1.807) is 14.2 Å². The summed E-state index contributed by atoms with van der Waals surface area (Å²) in [5, 5.41) is 3.61. The molecule has 20 heavy (non-hydrogen) atoms. The predicted octanol–water partition coefficient (Wildman–Crippen LogP) is 3.37. The molecule has 112 valence electrons. The minimum absolute atomic E-state index is 0.240. The molecule has 1 saturated carbocycles. The van der Waals surface area contributed by atoms with E-state index in [1.807, 2.05) is 6.07 Å². The third kappa shape index (κ3) is 2.64. The highest BCUT2D eigenvalue weighted by atomic mass is 16.5. The smallest absolute Gasteiger partial charge is 0.161 e. The van der Waals surface area contributed by atoms with Gasteiger partial charge in [-0.05, 0) is 36.5 Å². The van der Waals surface area contributed by atoms with Gasteiger partial charge in [-0.15, -0.1) is 0 Å². The van der Waals surface area contributed by atoms with Crippen LogP contribution in [0.3, 0.4) is 0 Å². The Morgan fingerprint density at radius 3 is 2.40 bits per heavy atom. The second-order valence-corrected chi connectivity index (χ2v) is 6.20. The van der Waals surface area contributed by atoms with Gasteiger partial charge in [-0.3, -0.25) is 0 Å². The van der Waals surface area contributed by atoms with E-state index in [-0.39, 0.29) is 5.41 Å². The van der Waals surface area contributed by atoms with Crippen LogP contribution in [0.15, 0.2) is 18.2 Å². The third-order valence-corrected chi connectivity index (χ3v) is 4.75. The Morgan fingerprint density at radius 1 is 1.25 bits per heavy atom. The molecular formula is C17H27NO2. The van der Waals surface area contributed by atoms with Gasteiger partial charge in [-0.25, -0.2) is 0 Å². The van der Waals surface area contributed by atoms with E-state index >= 15 is 0 Å². The van der Waals surface area contributed by atoms with Crippen molar-refractivity contribution in [3.63, 3.8) is 0 Å². The van der Waals surface area contributed by atoms with Gasteiger partial charge in [0, 0.05) is 18.0 Å². The molecule has 2 rings (SSSR count). The highest BCUT2D eigenvalue weighted by molar-refractivity contribution is 5.46. The molecule has 1 aromatic rings. The lowest BCUT2D eigenvalue weighted by Gasteiger charge is -2.49. The molecule has 0 amide bonds. The van der Waals surface area contributed by atoms with Crippen LogP contribution in [-0.2, 0) is 5.41 Å². The molecule has 1 fully saturated rings. The summed E-state index contributed by atoms with van der Waals surface area (Å²) in [6.07, 6.45) is 2.54. The van der Waals surface area contributed by atoms with Crippen LogP contribution in [-0.4, -0.2) is 26.8 Å². The maximum absolute atomic E-state index is 5.46. The molecule has 3 heteroatoms. The Bertz CT molecular complexity index is 458. The second-order valence-electron chi connectivity index (χ2n) is 6.20. The zero-order valence-electron chi connectivity index (χ0n) is 13.3. The van der Waals surface area contributed by atoms with Crippen LogP contribution < -0.4 is 14.8 Å². The van der Waals surface area contributed by atoms with Crippen molar-refractivity contribution in [2.75, 3.05) is 20.8 Å². The van der Waals surface area contributed by atoms with Crippen LogP contribution in [0.4, 0.5) is 0 Å². The van der Waals surface area contributed by atoms with Crippen LogP contribution in [0.1, 0.15) is 39.2 Å². The van der Waals surface area contributed by atoms with Crippen molar-refractivity contribution in [2.45, 2.75) is 45.1 Å². The fourth-order valence-electron chi connectivity index (χ4n) is 3.11. The Balaban J connectivity index is 2.30. The average molecular weight is 277 g/mol. The lowest BCUT2D eigenvalue weighted by molar-refractivity contribution is 0.131. The van der Waals surface area contributed by atoms with Crippen molar-refractivity contribution in [3.05, 3.63) is 23.8 Å². The van der Waals surface area contributed by atoms with Gasteiger partial charge in [0.05, 0.1) is 14.2 Å². The highest BCUT2D eigenvalue weighted by Crippen LogP contribution is 2.49. The first kappa shape index (κ1) is 15.2. The summed E-state index contributed by atoms with van der Waals surface area (Å²) in [6.45, 7) is 7.78. The number of nitrogens with one attached hydrogen (secondary N) is 1. The van der Waals surface area contributed by atoms with Gasteiger partial charge < -0.3 is 14.8 Å². The van der Waals surface area contributed by atoms with Gasteiger partial charge in [-0.2, -0.15) is 0 Å². The SMILES string of the molecule is COc1ccc(C2(CNC(C)C)CCC2C)cc1OC. The third-order valence-electron chi connectivity index (χ3n) is 4.75. The van der Waals surface area contributed by atoms with E-state index in [0.29, 0.717) is 12.0 Å². The first-order chi connectivity index (χ1) is 9.53. The van der Waals surface area contributed by atoms with Gasteiger partial charge in [0.2, 0.25) is 0 Å². The highest BCUT2D eigenvalue weighted by Gasteiger charge is 2.45. The fourth-order valence-corrected chi connectivity index (χ4v) is 3.11. The van der Waals surface area contributed by atoms with Gasteiger partial charge in [0.1, 0.15) is 0 Å². The summed E-state index contributed by atoms with van der Waals surface area (Å²) in [6, 6.07) is 6.88. The Labute approximate surface area is 122 Å². The minimum Gasteiger partial charge on any atom is -0.493 e. The van der Waals surface area contributed by atoms with Gasteiger partial charge in [-0.1, -0.05) is 26.8 Å². The lowest BCUT2D eigenvalue weighted by Crippen LogP contribution is -2.51. The molecule has 0 aromatic heterocycles. The molecule has 2 atom stereocenters. The number of methoxy groups -OCH3 is 2. The summed E-state index contributed by atoms with van der Waals surface area (Å²) >= 11 is 0. The molecule has 0 spiro atoms. The van der Waals surface area contributed by atoms with Gasteiger partial charge >= 0.3 is 0 Å². The van der Waals surface area contributed by atoms with Gasteiger partial charge in [0.25, 0.3) is 0 Å². The number of ether oxygens (including phenoxy) is 2. The monoisotopic (exact) mass is 277 g/mol. The fraction of sp³-hybridized carbons (Fsp3) is 0.647. The minimum atomic E-state index is 0.240. The van der Waals surface area contributed by atoms with Crippen molar-refractivity contribution in [1.82, 2.24) is 5.32 Å². The van der Waals surface area contributed by atoms with Crippen LogP contribution in [0.5, 0.6) is 11.5 Å². The van der Waals surface area contributed by atoms with Gasteiger partial charge in [0.15, 0.2) is 11.5 Å². The first-order valence-electron chi connectivity index (χ1n) is 7.49. The summed E-state index contributed by atoms with van der Waals surface area (Å²) in [5.74, 6) is 2.33. The molecule has 0 radical (unpaired) electrons. The van der Waals surface area contributed by atoms with E-state index in [9.17, 15) is 0 Å². The molecule has 0 bridgehead atoms. The molecule has 0 saturated heterocycles. The van der Waals surface area contributed by atoms with E-state index in [2.05, 4.69) is 38.2 Å². The standard InChI is InChI=1S/C17H27NO2/c1-12(2)18-11-17(9-8-13(17)3)14-6-7-15(19-4)16(10-14)20-5/h6-7,10,12-13,18H,8-9,11H2,1-5H3. The van der Waals surface area contributed by atoms with Crippen LogP contribution in [0.25, 0.3) is 0 Å². The molecule has 0 aliphatic heterocycles. The quantitative estimate of drug-likeness (QED) is 0.865. The zero-order valence-corrected chi connectivity index (χ0v) is 13.3. The van der Waals surface area contributed by atoms with Crippen LogP contribution in [0, 0.1) is 5.92 Å². The Morgan fingerprint density at radius 2 is 1.95 bits per heavy atom. The average Bonchev–Trinajstić information content (AvgIpc) is 2.45. The number of benzene rings is 1. The zero-order chi connectivity index (χ0) is 14.8. The van der Waals surface area contributed by atoms with Crippen LogP contribution >= 0.6 is 0 Å². The van der Waals surface area contributed by atoms with Crippen molar-refractivity contribution >= 4 is 0 Å². The van der Waals surface area contributed by atoms with E-state index in [4.69, 9.17) is 9.47 Å². The number of hydrogen-bond acceptors (Lipinski definition) is 3. The maximum Gasteiger partial charge on any atom is 0.161 e. The lowest BCUT2D eigenvalue weighted by atomic mass is 9.57. The summed E-state index contributed by atoms with van der Waals surface area (Å²) in [5.41, 5.74) is 1.60. The summed E-state index contributed by atoms with van der Waals surface area (Å²) in [7, 11) is 3.38. The molecule has 1 N–H and O–H groups in total. The molecule has 0 heterocycles. The molecule has 2 unspecified atom stereocenters. The number of rotatable bonds is 6. The summed E-state index contributed by atoms with van der Waals surface area (Å²) < 4.78 is 10.8. The Kier molecular flexibility index (Phi) is 4.59. The maximum atomic E-state index is 5.46. The van der Waals surface area contributed by atoms with E-state index < -0.39 is 0 Å². The topological polar surface area (TPSA) is 30.5 Å². The summed E-state index contributed by atoms with van der Waals surface area (Å²) in [4.78, 5) is 0. The van der Waals surface area contributed by atoms with Crippen molar-refractivity contribution in [3.8, 4) is 11.5 Å². The molecule has 1 aromatic carbocycles. The van der Waals surface area contributed by atoms with Crippen molar-refractivity contribution < 1.29 is 9.47 Å². The molecule has 1 aliphatic carbocycles. The Hall–Kier alpha value is -1.22. The normalized spacial score (nSPS) is 25.4. The van der Waals surface area contributed by atoms with Crippen LogP contribution in [0.2, 0.25) is 0 Å². The molecule has 3 nitrogen and oxygen atoms in total. The van der Waals surface area contributed by atoms with E-state index in [1.165, 1.54) is 18.4 Å². The second kappa shape index (κ2) is 6.04. The molecule has 1 aliphatic rings. The first-order valence-corrected chi connectivity index (χ1v) is 7.49. The molecular weight excluding hydrogens is 250 g/mol. The van der Waals surface area contributed by atoms with Crippen molar-refractivity contribution in [2.24, 2.45) is 5.92 Å².